The molecule has 3 nitrogen and oxygen atoms in total. The lowest BCUT2D eigenvalue weighted by Gasteiger charge is -2.16. The second-order valence-electron chi connectivity index (χ2n) is 2.76. The second kappa shape index (κ2) is 6.58. The summed E-state index contributed by atoms with van der Waals surface area (Å²) in [5.41, 5.74) is 0. The van der Waals surface area contributed by atoms with Crippen LogP contribution in [0.1, 0.15) is 26.7 Å². The van der Waals surface area contributed by atoms with E-state index in [-0.39, 0.29) is 6.61 Å². The first-order valence-electron chi connectivity index (χ1n) is 4.26. The first-order valence-corrected chi connectivity index (χ1v) is 4.26. The minimum atomic E-state index is -0.615. The molecule has 0 spiro atoms. The number of hydrogen-bond donors (Lipinski definition) is 3. The molecule has 0 aromatic rings. The summed E-state index contributed by atoms with van der Waals surface area (Å²) in [6, 6.07) is 0.469. The van der Waals surface area contributed by atoms with Gasteiger partial charge in [0.25, 0.3) is 0 Å². The van der Waals surface area contributed by atoms with Crippen LogP contribution in [0.5, 0.6) is 0 Å². The maximum absolute atomic E-state index is 8.99. The molecule has 0 heterocycles. The molecule has 0 aliphatic carbocycles. The van der Waals surface area contributed by atoms with E-state index in [0.29, 0.717) is 12.6 Å². The minimum Gasteiger partial charge on any atom is -0.394 e. The van der Waals surface area contributed by atoms with Gasteiger partial charge in [0.15, 0.2) is 0 Å². The zero-order valence-electron chi connectivity index (χ0n) is 7.38. The van der Waals surface area contributed by atoms with E-state index < -0.39 is 6.10 Å². The second-order valence-corrected chi connectivity index (χ2v) is 2.76. The molecule has 0 radical (unpaired) electrons. The van der Waals surface area contributed by atoms with Crippen molar-refractivity contribution in [2.24, 2.45) is 0 Å². The van der Waals surface area contributed by atoms with Crippen molar-refractivity contribution >= 4 is 0 Å². The van der Waals surface area contributed by atoms with Gasteiger partial charge in [0, 0.05) is 12.6 Å². The molecule has 0 aliphatic heterocycles. The maximum Gasteiger partial charge on any atom is 0.0895 e. The molecule has 0 aromatic carbocycles. The van der Waals surface area contributed by atoms with Crippen molar-refractivity contribution in [2.75, 3.05) is 13.2 Å². The summed E-state index contributed by atoms with van der Waals surface area (Å²) >= 11 is 0. The van der Waals surface area contributed by atoms with Gasteiger partial charge in [-0.25, -0.2) is 0 Å². The third kappa shape index (κ3) is 5.18. The van der Waals surface area contributed by atoms with Gasteiger partial charge in [-0.15, -0.1) is 0 Å². The van der Waals surface area contributed by atoms with Crippen LogP contribution in [0.3, 0.4) is 0 Å². The van der Waals surface area contributed by atoms with Gasteiger partial charge in [0.05, 0.1) is 12.7 Å². The van der Waals surface area contributed by atoms with E-state index in [0.717, 1.165) is 12.8 Å². The zero-order valence-corrected chi connectivity index (χ0v) is 7.38. The van der Waals surface area contributed by atoms with Crippen LogP contribution in [-0.2, 0) is 0 Å². The van der Waals surface area contributed by atoms with Crippen molar-refractivity contribution in [1.29, 1.82) is 0 Å². The zero-order chi connectivity index (χ0) is 8.69. The summed E-state index contributed by atoms with van der Waals surface area (Å²) in [6.45, 7) is 4.54. The number of aliphatic hydroxyl groups is 2. The smallest absolute Gasteiger partial charge is 0.0895 e. The summed E-state index contributed by atoms with van der Waals surface area (Å²) in [4.78, 5) is 0. The molecule has 0 amide bonds. The van der Waals surface area contributed by atoms with Crippen molar-refractivity contribution in [2.45, 2.75) is 38.8 Å². The lowest BCUT2D eigenvalue weighted by Crippen LogP contribution is -2.36. The molecule has 0 aromatic heterocycles. The lowest BCUT2D eigenvalue weighted by atomic mass is 10.1. The monoisotopic (exact) mass is 161 g/mol. The van der Waals surface area contributed by atoms with E-state index >= 15 is 0 Å². The summed E-state index contributed by atoms with van der Waals surface area (Å²) in [7, 11) is 0. The third-order valence-electron chi connectivity index (χ3n) is 1.84. The van der Waals surface area contributed by atoms with E-state index in [1.165, 1.54) is 0 Å². The molecule has 3 N–H and O–H groups in total. The Labute approximate surface area is 68.4 Å². The Bertz CT molecular complexity index is 84.2. The van der Waals surface area contributed by atoms with Gasteiger partial charge in [-0.05, 0) is 12.8 Å². The molecule has 0 fully saturated rings. The van der Waals surface area contributed by atoms with Crippen LogP contribution in [0.25, 0.3) is 0 Å². The largest absolute Gasteiger partial charge is 0.394 e. The van der Waals surface area contributed by atoms with E-state index in [4.69, 9.17) is 10.2 Å². The molecule has 1 atom stereocenters. The van der Waals surface area contributed by atoms with Crippen LogP contribution >= 0.6 is 0 Å². The summed E-state index contributed by atoms with van der Waals surface area (Å²) in [6.07, 6.45) is 1.51. The highest BCUT2D eigenvalue weighted by Gasteiger charge is 2.05. The Balaban J connectivity index is 3.34. The highest BCUT2D eigenvalue weighted by atomic mass is 16.3. The van der Waals surface area contributed by atoms with Gasteiger partial charge in [0.1, 0.15) is 0 Å². The van der Waals surface area contributed by atoms with Crippen LogP contribution in [0.2, 0.25) is 0 Å². The van der Waals surface area contributed by atoms with Gasteiger partial charge in [-0.3, -0.25) is 0 Å². The standard InChI is InChI=1S/C8H19NO2/c1-3-7(4-2)9-5-8(11)6-10/h7-11H,3-6H2,1-2H3/t8-/m1/s1. The highest BCUT2D eigenvalue weighted by Crippen LogP contribution is 1.95. The van der Waals surface area contributed by atoms with Crippen molar-refractivity contribution < 1.29 is 10.2 Å². The molecule has 0 unspecified atom stereocenters. The Kier molecular flexibility index (Phi) is 6.51. The van der Waals surface area contributed by atoms with E-state index in [2.05, 4.69) is 19.2 Å². The van der Waals surface area contributed by atoms with Crippen LogP contribution in [0.4, 0.5) is 0 Å². The van der Waals surface area contributed by atoms with Gasteiger partial charge in [-0.2, -0.15) is 0 Å². The number of hydrogen-bond acceptors (Lipinski definition) is 3. The quantitative estimate of drug-likeness (QED) is 0.518. The summed E-state index contributed by atoms with van der Waals surface area (Å²) < 4.78 is 0. The van der Waals surface area contributed by atoms with Gasteiger partial charge in [0.2, 0.25) is 0 Å². The van der Waals surface area contributed by atoms with Crippen LogP contribution in [0.15, 0.2) is 0 Å². The predicted molar refractivity (Wildman–Crippen MR) is 45.5 cm³/mol. The number of nitrogens with one attached hydrogen (secondary N) is 1. The minimum absolute atomic E-state index is 0.160. The number of aliphatic hydroxyl groups excluding tert-OH is 2. The first kappa shape index (κ1) is 10.9. The molecule has 11 heavy (non-hydrogen) atoms. The molecule has 0 rings (SSSR count). The molecule has 0 aliphatic rings. The topological polar surface area (TPSA) is 52.5 Å². The highest BCUT2D eigenvalue weighted by molar-refractivity contribution is 4.65. The van der Waals surface area contributed by atoms with Crippen molar-refractivity contribution in [3.05, 3.63) is 0 Å². The van der Waals surface area contributed by atoms with E-state index in [9.17, 15) is 0 Å². The molecular formula is C8H19NO2. The van der Waals surface area contributed by atoms with Crippen LogP contribution in [0, 0.1) is 0 Å². The van der Waals surface area contributed by atoms with Crippen LogP contribution in [-0.4, -0.2) is 35.5 Å². The first-order chi connectivity index (χ1) is 5.24. The Hall–Kier alpha value is -0.120. The fraction of sp³-hybridized carbons (Fsp3) is 1.00. The molecular weight excluding hydrogens is 142 g/mol. The SMILES string of the molecule is CCC(CC)NC[C@@H](O)CO. The van der Waals surface area contributed by atoms with Crippen molar-refractivity contribution in [3.8, 4) is 0 Å². The molecule has 0 saturated heterocycles. The molecule has 68 valence electrons. The third-order valence-corrected chi connectivity index (χ3v) is 1.84. The number of rotatable bonds is 6. The van der Waals surface area contributed by atoms with Gasteiger partial charge < -0.3 is 15.5 Å². The van der Waals surface area contributed by atoms with E-state index in [1.807, 2.05) is 0 Å². The summed E-state index contributed by atoms with van der Waals surface area (Å²) in [5, 5.41) is 20.6. The van der Waals surface area contributed by atoms with Crippen molar-refractivity contribution in [1.82, 2.24) is 5.32 Å². The predicted octanol–water partition coefficient (Wildman–Crippen LogP) is 0.118. The van der Waals surface area contributed by atoms with Gasteiger partial charge in [-0.1, -0.05) is 13.8 Å². The molecule has 0 bridgehead atoms. The normalized spacial score (nSPS) is 13.9. The average molecular weight is 161 g/mol. The Morgan fingerprint density at radius 2 is 1.82 bits per heavy atom. The Morgan fingerprint density at radius 3 is 2.18 bits per heavy atom. The molecule has 3 heteroatoms. The lowest BCUT2D eigenvalue weighted by molar-refractivity contribution is 0.0916. The fourth-order valence-electron chi connectivity index (χ4n) is 0.945. The average Bonchev–Trinajstić information content (AvgIpc) is 2.06. The maximum atomic E-state index is 8.99. The van der Waals surface area contributed by atoms with Crippen LogP contribution < -0.4 is 5.32 Å². The van der Waals surface area contributed by atoms with Gasteiger partial charge >= 0.3 is 0 Å². The molecule has 0 saturated carbocycles. The van der Waals surface area contributed by atoms with E-state index in [1.54, 1.807) is 0 Å². The summed E-state index contributed by atoms with van der Waals surface area (Å²) in [5.74, 6) is 0. The fourth-order valence-corrected chi connectivity index (χ4v) is 0.945. The van der Waals surface area contributed by atoms with Crippen molar-refractivity contribution in [3.63, 3.8) is 0 Å². The Morgan fingerprint density at radius 1 is 1.27 bits per heavy atom.